The number of ether oxygens (including phenoxy) is 1. The lowest BCUT2D eigenvalue weighted by atomic mass is 10.1. The first kappa shape index (κ1) is 12.4. The Morgan fingerprint density at radius 3 is 2.65 bits per heavy atom. The first-order valence-electron chi connectivity index (χ1n) is 6.44. The van der Waals surface area contributed by atoms with Crippen molar-refractivity contribution in [1.29, 1.82) is 0 Å². The summed E-state index contributed by atoms with van der Waals surface area (Å²) >= 11 is 0. The Hall–Kier alpha value is -2.62. The Morgan fingerprint density at radius 2 is 1.80 bits per heavy atom. The molecular weight excluding hydrogens is 252 g/mol. The SMILES string of the molecule is Oc1ccc(CCOc2ncc3ccccc3n2)cc1. The van der Waals surface area contributed by atoms with Crippen LogP contribution in [-0.4, -0.2) is 21.7 Å². The van der Waals surface area contributed by atoms with E-state index in [1.165, 1.54) is 0 Å². The van der Waals surface area contributed by atoms with Crippen molar-refractivity contribution in [2.45, 2.75) is 6.42 Å². The van der Waals surface area contributed by atoms with Crippen molar-refractivity contribution in [3.63, 3.8) is 0 Å². The van der Waals surface area contributed by atoms with E-state index in [1.807, 2.05) is 36.4 Å². The summed E-state index contributed by atoms with van der Waals surface area (Å²) in [7, 11) is 0. The Balaban J connectivity index is 1.63. The first-order valence-corrected chi connectivity index (χ1v) is 6.44. The van der Waals surface area contributed by atoms with Gasteiger partial charge in [-0.1, -0.05) is 30.3 Å². The van der Waals surface area contributed by atoms with Gasteiger partial charge in [-0.15, -0.1) is 0 Å². The molecule has 0 amide bonds. The lowest BCUT2D eigenvalue weighted by Gasteiger charge is -2.05. The van der Waals surface area contributed by atoms with Crippen molar-refractivity contribution in [3.8, 4) is 11.8 Å². The summed E-state index contributed by atoms with van der Waals surface area (Å²) in [5.74, 6) is 0.271. The highest BCUT2D eigenvalue weighted by Crippen LogP contribution is 2.14. The van der Waals surface area contributed by atoms with Gasteiger partial charge in [-0.05, 0) is 23.8 Å². The summed E-state index contributed by atoms with van der Waals surface area (Å²) in [6, 6.07) is 15.3. The maximum absolute atomic E-state index is 9.21. The zero-order valence-electron chi connectivity index (χ0n) is 10.9. The number of phenols is 1. The van der Waals surface area contributed by atoms with Crippen LogP contribution in [0.4, 0.5) is 0 Å². The third kappa shape index (κ3) is 2.85. The van der Waals surface area contributed by atoms with E-state index < -0.39 is 0 Å². The number of aromatic nitrogens is 2. The molecule has 100 valence electrons. The molecule has 3 aromatic rings. The fraction of sp³-hybridized carbons (Fsp3) is 0.125. The molecule has 1 heterocycles. The second-order valence-electron chi connectivity index (χ2n) is 4.48. The molecule has 0 spiro atoms. The summed E-state index contributed by atoms with van der Waals surface area (Å²) in [6.07, 6.45) is 2.51. The maximum atomic E-state index is 9.21. The maximum Gasteiger partial charge on any atom is 0.316 e. The summed E-state index contributed by atoms with van der Waals surface area (Å²) in [6.45, 7) is 0.503. The number of para-hydroxylation sites is 1. The van der Waals surface area contributed by atoms with Gasteiger partial charge in [0.05, 0.1) is 12.1 Å². The quantitative estimate of drug-likeness (QED) is 0.788. The van der Waals surface area contributed by atoms with Crippen LogP contribution in [-0.2, 0) is 6.42 Å². The van der Waals surface area contributed by atoms with Gasteiger partial charge in [0.25, 0.3) is 0 Å². The van der Waals surface area contributed by atoms with Crippen molar-refractivity contribution < 1.29 is 9.84 Å². The smallest absolute Gasteiger partial charge is 0.316 e. The van der Waals surface area contributed by atoms with Crippen LogP contribution in [0.1, 0.15) is 5.56 Å². The molecule has 0 unspecified atom stereocenters. The molecule has 2 aromatic carbocycles. The zero-order valence-corrected chi connectivity index (χ0v) is 10.9. The van der Waals surface area contributed by atoms with Gasteiger partial charge < -0.3 is 9.84 Å². The Morgan fingerprint density at radius 1 is 1.00 bits per heavy atom. The van der Waals surface area contributed by atoms with Crippen LogP contribution < -0.4 is 4.74 Å². The van der Waals surface area contributed by atoms with E-state index in [9.17, 15) is 5.11 Å². The molecule has 4 heteroatoms. The molecule has 0 aliphatic heterocycles. The highest BCUT2D eigenvalue weighted by atomic mass is 16.5. The predicted molar refractivity (Wildman–Crippen MR) is 76.8 cm³/mol. The summed E-state index contributed by atoms with van der Waals surface area (Å²) in [5, 5.41) is 10.2. The number of fused-ring (bicyclic) bond motifs is 1. The summed E-state index contributed by atoms with van der Waals surface area (Å²) in [5.41, 5.74) is 1.98. The third-order valence-corrected chi connectivity index (χ3v) is 3.03. The number of aromatic hydroxyl groups is 1. The van der Waals surface area contributed by atoms with Crippen LogP contribution in [0.15, 0.2) is 54.7 Å². The Bertz CT molecular complexity index is 711. The molecule has 1 N–H and O–H groups in total. The number of hydrogen-bond acceptors (Lipinski definition) is 4. The van der Waals surface area contributed by atoms with Crippen LogP contribution in [0.3, 0.4) is 0 Å². The lowest BCUT2D eigenvalue weighted by molar-refractivity contribution is 0.297. The zero-order chi connectivity index (χ0) is 13.8. The number of phenolic OH excluding ortho intramolecular Hbond substituents is 1. The summed E-state index contributed by atoms with van der Waals surface area (Å²) < 4.78 is 5.56. The molecule has 0 aliphatic carbocycles. The molecule has 0 atom stereocenters. The topological polar surface area (TPSA) is 55.2 Å². The van der Waals surface area contributed by atoms with Crippen LogP contribution in [0, 0.1) is 0 Å². The molecule has 0 saturated carbocycles. The molecular formula is C16H14N2O2. The molecule has 0 aliphatic rings. The molecule has 0 radical (unpaired) electrons. The Labute approximate surface area is 116 Å². The van der Waals surface area contributed by atoms with Crippen molar-refractivity contribution in [2.75, 3.05) is 6.61 Å². The minimum atomic E-state index is 0.271. The van der Waals surface area contributed by atoms with E-state index in [2.05, 4.69) is 9.97 Å². The van der Waals surface area contributed by atoms with Crippen LogP contribution >= 0.6 is 0 Å². The number of nitrogens with zero attached hydrogens (tertiary/aromatic N) is 2. The van der Waals surface area contributed by atoms with Gasteiger partial charge in [0, 0.05) is 18.0 Å². The van der Waals surface area contributed by atoms with E-state index in [0.29, 0.717) is 12.6 Å². The average Bonchev–Trinajstić information content (AvgIpc) is 2.49. The monoisotopic (exact) mass is 266 g/mol. The van der Waals surface area contributed by atoms with Gasteiger partial charge in [-0.2, -0.15) is 4.98 Å². The molecule has 3 rings (SSSR count). The fourth-order valence-corrected chi connectivity index (χ4v) is 1.95. The molecule has 0 fully saturated rings. The van der Waals surface area contributed by atoms with Crippen LogP contribution in [0.2, 0.25) is 0 Å². The number of hydrogen-bond donors (Lipinski definition) is 1. The molecule has 20 heavy (non-hydrogen) atoms. The standard InChI is InChI=1S/C16H14N2O2/c19-14-7-5-12(6-8-14)9-10-20-16-17-11-13-3-1-2-4-15(13)18-16/h1-8,11,19H,9-10H2. The van der Waals surface area contributed by atoms with E-state index in [-0.39, 0.29) is 5.75 Å². The average molecular weight is 266 g/mol. The predicted octanol–water partition coefficient (Wildman–Crippen LogP) is 2.96. The van der Waals surface area contributed by atoms with Gasteiger partial charge in [0.1, 0.15) is 5.75 Å². The normalized spacial score (nSPS) is 10.6. The fourth-order valence-electron chi connectivity index (χ4n) is 1.95. The van der Waals surface area contributed by atoms with Crippen LogP contribution in [0.5, 0.6) is 11.8 Å². The highest BCUT2D eigenvalue weighted by molar-refractivity contribution is 5.77. The van der Waals surface area contributed by atoms with E-state index >= 15 is 0 Å². The highest BCUT2D eigenvalue weighted by Gasteiger charge is 2.01. The molecule has 4 nitrogen and oxygen atoms in total. The van der Waals surface area contributed by atoms with Gasteiger partial charge in [0.15, 0.2) is 0 Å². The largest absolute Gasteiger partial charge is 0.508 e. The van der Waals surface area contributed by atoms with E-state index in [0.717, 1.165) is 22.9 Å². The van der Waals surface area contributed by atoms with Crippen molar-refractivity contribution in [3.05, 3.63) is 60.3 Å². The minimum Gasteiger partial charge on any atom is -0.508 e. The molecule has 0 saturated heterocycles. The minimum absolute atomic E-state index is 0.271. The Kier molecular flexibility index (Phi) is 3.46. The van der Waals surface area contributed by atoms with E-state index in [4.69, 9.17) is 4.74 Å². The van der Waals surface area contributed by atoms with Gasteiger partial charge >= 0.3 is 6.01 Å². The first-order chi connectivity index (χ1) is 9.81. The number of benzene rings is 2. The second-order valence-corrected chi connectivity index (χ2v) is 4.48. The van der Waals surface area contributed by atoms with Gasteiger partial charge in [-0.25, -0.2) is 4.98 Å². The van der Waals surface area contributed by atoms with Crippen molar-refractivity contribution in [1.82, 2.24) is 9.97 Å². The van der Waals surface area contributed by atoms with Gasteiger partial charge in [0.2, 0.25) is 0 Å². The van der Waals surface area contributed by atoms with Crippen molar-refractivity contribution >= 4 is 10.9 Å². The summed E-state index contributed by atoms with van der Waals surface area (Å²) in [4.78, 5) is 8.53. The second kappa shape index (κ2) is 5.57. The van der Waals surface area contributed by atoms with Crippen molar-refractivity contribution in [2.24, 2.45) is 0 Å². The van der Waals surface area contributed by atoms with Crippen LogP contribution in [0.25, 0.3) is 10.9 Å². The lowest BCUT2D eigenvalue weighted by Crippen LogP contribution is -2.04. The van der Waals surface area contributed by atoms with E-state index in [1.54, 1.807) is 18.3 Å². The number of rotatable bonds is 4. The molecule has 0 bridgehead atoms. The third-order valence-electron chi connectivity index (χ3n) is 3.03. The molecule has 1 aromatic heterocycles. The van der Waals surface area contributed by atoms with Gasteiger partial charge in [-0.3, -0.25) is 0 Å².